The fraction of sp³-hybridized carbons (Fsp3) is 0.400. The Morgan fingerprint density at radius 3 is 2.42 bits per heavy atom. The Bertz CT molecular complexity index is 263. The topological polar surface area (TPSA) is 0 Å². The molecular formula is C10H15BrSi. The lowest BCUT2D eigenvalue weighted by Crippen LogP contribution is -2.23. The van der Waals surface area contributed by atoms with Crippen LogP contribution in [0.4, 0.5) is 0 Å². The second-order valence-corrected chi connectivity index (χ2v) is 10.8. The molecule has 0 unspecified atom stereocenters. The Morgan fingerprint density at radius 1 is 1.25 bits per heavy atom. The third-order valence-electron chi connectivity index (χ3n) is 1.62. The van der Waals surface area contributed by atoms with Gasteiger partial charge in [-0.15, -0.1) is 0 Å². The first-order valence-electron chi connectivity index (χ1n) is 4.22. The maximum absolute atomic E-state index is 3.49. The molecule has 0 heterocycles. The van der Waals surface area contributed by atoms with Crippen molar-refractivity contribution in [1.29, 1.82) is 0 Å². The van der Waals surface area contributed by atoms with Gasteiger partial charge in [-0.3, -0.25) is 0 Å². The quantitative estimate of drug-likeness (QED) is 0.692. The molecule has 12 heavy (non-hydrogen) atoms. The second kappa shape index (κ2) is 3.75. The lowest BCUT2D eigenvalue weighted by molar-refractivity contribution is 1.30. The number of hydrogen-bond donors (Lipinski definition) is 0. The summed E-state index contributed by atoms with van der Waals surface area (Å²) in [5.74, 6) is 0. The molecule has 66 valence electrons. The van der Waals surface area contributed by atoms with Crippen molar-refractivity contribution >= 4 is 24.0 Å². The van der Waals surface area contributed by atoms with E-state index in [1.165, 1.54) is 16.1 Å². The van der Waals surface area contributed by atoms with E-state index in [9.17, 15) is 0 Å². The Morgan fingerprint density at radius 2 is 1.92 bits per heavy atom. The molecule has 0 saturated heterocycles. The molecule has 0 nitrogen and oxygen atoms in total. The Balaban J connectivity index is 2.77. The minimum Gasteiger partial charge on any atom is -0.0693 e. The van der Waals surface area contributed by atoms with Crippen LogP contribution in [0.5, 0.6) is 0 Å². The summed E-state index contributed by atoms with van der Waals surface area (Å²) in [4.78, 5) is 0. The van der Waals surface area contributed by atoms with E-state index in [2.05, 4.69) is 59.8 Å². The van der Waals surface area contributed by atoms with E-state index in [0.717, 1.165) is 0 Å². The van der Waals surface area contributed by atoms with Crippen molar-refractivity contribution < 1.29 is 0 Å². The summed E-state index contributed by atoms with van der Waals surface area (Å²) in [6.45, 7) is 7.19. The fourth-order valence-electron chi connectivity index (χ4n) is 1.26. The highest BCUT2D eigenvalue weighted by atomic mass is 79.9. The maximum Gasteiger partial charge on any atom is 0.0487 e. The van der Waals surface area contributed by atoms with Crippen molar-refractivity contribution in [3.63, 3.8) is 0 Å². The number of benzene rings is 1. The molecule has 1 aromatic carbocycles. The summed E-state index contributed by atoms with van der Waals surface area (Å²) < 4.78 is 1.19. The van der Waals surface area contributed by atoms with E-state index >= 15 is 0 Å². The summed E-state index contributed by atoms with van der Waals surface area (Å²) in [5.41, 5.74) is 1.46. The minimum absolute atomic E-state index is 0.942. The summed E-state index contributed by atoms with van der Waals surface area (Å²) in [5, 5.41) is 0. The maximum atomic E-state index is 3.49. The van der Waals surface area contributed by atoms with Crippen molar-refractivity contribution in [1.82, 2.24) is 0 Å². The molecule has 1 aromatic rings. The largest absolute Gasteiger partial charge is 0.0693 e. The summed E-state index contributed by atoms with van der Waals surface area (Å²) in [6, 6.07) is 9.89. The summed E-state index contributed by atoms with van der Waals surface area (Å²) in [7, 11) is -0.942. The van der Waals surface area contributed by atoms with Gasteiger partial charge in [-0.1, -0.05) is 47.7 Å². The average Bonchev–Trinajstić information content (AvgIpc) is 1.82. The molecule has 2 heteroatoms. The van der Waals surface area contributed by atoms with Gasteiger partial charge in [-0.2, -0.15) is 0 Å². The highest BCUT2D eigenvalue weighted by Crippen LogP contribution is 2.16. The molecule has 0 radical (unpaired) electrons. The van der Waals surface area contributed by atoms with Crippen LogP contribution in [-0.4, -0.2) is 8.07 Å². The molecule has 0 bridgehead atoms. The van der Waals surface area contributed by atoms with Gasteiger partial charge in [0.05, 0.1) is 0 Å². The molecule has 0 aliphatic rings. The first kappa shape index (κ1) is 10.0. The minimum atomic E-state index is -0.942. The van der Waals surface area contributed by atoms with Gasteiger partial charge in [0.1, 0.15) is 0 Å². The molecule has 0 N–H and O–H groups in total. The SMILES string of the molecule is C[Si](C)(C)Cc1cccc(Br)c1. The van der Waals surface area contributed by atoms with E-state index in [1.807, 2.05) is 0 Å². The Hall–Kier alpha value is -0.0831. The lowest BCUT2D eigenvalue weighted by Gasteiger charge is -2.15. The normalized spacial score (nSPS) is 11.7. The molecule has 0 amide bonds. The summed E-state index contributed by atoms with van der Waals surface area (Å²) >= 11 is 3.49. The van der Waals surface area contributed by atoms with Gasteiger partial charge in [0.15, 0.2) is 0 Å². The smallest absolute Gasteiger partial charge is 0.0487 e. The van der Waals surface area contributed by atoms with Crippen LogP contribution >= 0.6 is 15.9 Å². The zero-order valence-electron chi connectivity index (χ0n) is 7.89. The van der Waals surface area contributed by atoms with Crippen LogP contribution in [0.3, 0.4) is 0 Å². The third-order valence-corrected chi connectivity index (χ3v) is 3.59. The molecule has 0 aromatic heterocycles. The van der Waals surface area contributed by atoms with Crippen molar-refractivity contribution in [2.75, 3.05) is 0 Å². The first-order chi connectivity index (χ1) is 5.47. The van der Waals surface area contributed by atoms with Gasteiger partial charge in [0, 0.05) is 12.5 Å². The van der Waals surface area contributed by atoms with Gasteiger partial charge in [-0.25, -0.2) is 0 Å². The Labute approximate surface area is 84.1 Å². The zero-order chi connectivity index (χ0) is 9.19. The van der Waals surface area contributed by atoms with Crippen LogP contribution in [0.2, 0.25) is 19.6 Å². The fourth-order valence-corrected chi connectivity index (χ4v) is 3.15. The molecule has 1 rings (SSSR count). The Kier molecular flexibility index (Phi) is 3.13. The standard InChI is InChI=1S/C10H15BrSi/c1-12(2,3)8-9-5-4-6-10(11)7-9/h4-7H,8H2,1-3H3. The molecular weight excluding hydrogens is 228 g/mol. The van der Waals surface area contributed by atoms with E-state index in [1.54, 1.807) is 0 Å². The van der Waals surface area contributed by atoms with Crippen LogP contribution in [0.15, 0.2) is 28.7 Å². The van der Waals surface area contributed by atoms with Crippen molar-refractivity contribution in [2.24, 2.45) is 0 Å². The van der Waals surface area contributed by atoms with Gasteiger partial charge < -0.3 is 0 Å². The van der Waals surface area contributed by atoms with Crippen LogP contribution in [0.1, 0.15) is 5.56 Å². The predicted molar refractivity (Wildman–Crippen MR) is 61.2 cm³/mol. The van der Waals surface area contributed by atoms with E-state index < -0.39 is 8.07 Å². The number of hydrogen-bond acceptors (Lipinski definition) is 0. The van der Waals surface area contributed by atoms with Crippen molar-refractivity contribution in [3.05, 3.63) is 34.3 Å². The van der Waals surface area contributed by atoms with Crippen LogP contribution in [-0.2, 0) is 6.04 Å². The highest BCUT2D eigenvalue weighted by Gasteiger charge is 2.13. The van der Waals surface area contributed by atoms with E-state index in [-0.39, 0.29) is 0 Å². The van der Waals surface area contributed by atoms with Crippen LogP contribution < -0.4 is 0 Å². The molecule has 0 aliphatic heterocycles. The van der Waals surface area contributed by atoms with Crippen LogP contribution in [0.25, 0.3) is 0 Å². The van der Waals surface area contributed by atoms with E-state index in [4.69, 9.17) is 0 Å². The van der Waals surface area contributed by atoms with Crippen LogP contribution in [0, 0.1) is 0 Å². The highest BCUT2D eigenvalue weighted by molar-refractivity contribution is 9.10. The van der Waals surface area contributed by atoms with Gasteiger partial charge in [0.25, 0.3) is 0 Å². The molecule has 0 saturated carbocycles. The lowest BCUT2D eigenvalue weighted by atomic mass is 10.2. The number of rotatable bonds is 2. The molecule has 0 aliphatic carbocycles. The van der Waals surface area contributed by atoms with Gasteiger partial charge in [-0.05, 0) is 23.7 Å². The first-order valence-corrected chi connectivity index (χ1v) is 8.72. The van der Waals surface area contributed by atoms with Gasteiger partial charge in [0.2, 0.25) is 0 Å². The van der Waals surface area contributed by atoms with Crippen molar-refractivity contribution in [2.45, 2.75) is 25.7 Å². The molecule has 0 spiro atoms. The monoisotopic (exact) mass is 242 g/mol. The second-order valence-electron chi connectivity index (χ2n) is 4.37. The number of halogens is 1. The van der Waals surface area contributed by atoms with Gasteiger partial charge >= 0.3 is 0 Å². The zero-order valence-corrected chi connectivity index (χ0v) is 10.5. The van der Waals surface area contributed by atoms with E-state index in [0.29, 0.717) is 0 Å². The summed E-state index contributed by atoms with van der Waals surface area (Å²) in [6.07, 6.45) is 0. The molecule has 0 atom stereocenters. The molecule has 0 fully saturated rings. The van der Waals surface area contributed by atoms with Crippen molar-refractivity contribution in [3.8, 4) is 0 Å². The third kappa shape index (κ3) is 3.54. The predicted octanol–water partition coefficient (Wildman–Crippen LogP) is 3.87. The average molecular weight is 243 g/mol.